The highest BCUT2D eigenvalue weighted by Gasteiger charge is 2.16. The zero-order valence-electron chi connectivity index (χ0n) is 10.7. The third kappa shape index (κ3) is 2.87. The van der Waals surface area contributed by atoms with Gasteiger partial charge in [-0.1, -0.05) is 51.8 Å². The summed E-state index contributed by atoms with van der Waals surface area (Å²) in [5, 5.41) is 2.54. The molecule has 0 spiro atoms. The zero-order valence-corrected chi connectivity index (χ0v) is 15.2. The molecular weight excluding hydrogens is 462 g/mol. The lowest BCUT2D eigenvalue weighted by molar-refractivity contribution is 0.103. The van der Waals surface area contributed by atoms with E-state index < -0.39 is 0 Å². The Morgan fingerprint density at radius 3 is 2.43 bits per heavy atom. The minimum atomic E-state index is -0.00870. The quantitative estimate of drug-likeness (QED) is 0.327. The summed E-state index contributed by atoms with van der Waals surface area (Å²) in [5.74, 6) is -0.00870. The van der Waals surface area contributed by atoms with Gasteiger partial charge in [0, 0.05) is 24.2 Å². The Kier molecular flexibility index (Phi) is 4.33. The van der Waals surface area contributed by atoms with E-state index in [0.717, 1.165) is 18.8 Å². The number of hydrogen-bond donors (Lipinski definition) is 0. The molecular formula is C17H9BrClIO. The van der Waals surface area contributed by atoms with E-state index in [2.05, 4.69) is 38.5 Å². The highest BCUT2D eigenvalue weighted by molar-refractivity contribution is 14.1. The first-order valence-electron chi connectivity index (χ1n) is 6.25. The predicted octanol–water partition coefficient (Wildman–Crippen LogP) is 6.09. The Morgan fingerprint density at radius 2 is 1.67 bits per heavy atom. The van der Waals surface area contributed by atoms with E-state index in [1.807, 2.05) is 42.5 Å². The monoisotopic (exact) mass is 470 g/mol. The summed E-state index contributed by atoms with van der Waals surface area (Å²) in [6.07, 6.45) is 0. The first-order chi connectivity index (χ1) is 10.1. The maximum atomic E-state index is 12.9. The van der Waals surface area contributed by atoms with Gasteiger partial charge in [0.15, 0.2) is 5.78 Å². The van der Waals surface area contributed by atoms with Crippen LogP contribution in [0.1, 0.15) is 15.9 Å². The largest absolute Gasteiger partial charge is 0.289 e. The summed E-state index contributed by atoms with van der Waals surface area (Å²) in [6.45, 7) is 0. The second-order valence-electron chi connectivity index (χ2n) is 4.59. The van der Waals surface area contributed by atoms with Crippen LogP contribution in [0.25, 0.3) is 10.8 Å². The van der Waals surface area contributed by atoms with Crippen molar-refractivity contribution in [3.05, 3.63) is 78.8 Å². The Balaban J connectivity index is 2.23. The summed E-state index contributed by atoms with van der Waals surface area (Å²) in [5.41, 5.74) is 1.32. The second kappa shape index (κ2) is 6.07. The van der Waals surface area contributed by atoms with Crippen LogP contribution in [0.3, 0.4) is 0 Å². The fourth-order valence-corrected chi connectivity index (χ4v) is 3.51. The van der Waals surface area contributed by atoms with Gasteiger partial charge in [-0.2, -0.15) is 0 Å². The average Bonchev–Trinajstić information content (AvgIpc) is 2.50. The summed E-state index contributed by atoms with van der Waals surface area (Å²) >= 11 is 11.7. The molecule has 104 valence electrons. The lowest BCUT2D eigenvalue weighted by Gasteiger charge is -2.09. The molecule has 21 heavy (non-hydrogen) atoms. The average molecular weight is 472 g/mol. The summed E-state index contributed by atoms with van der Waals surface area (Å²) < 4.78 is 1.88. The second-order valence-corrected chi connectivity index (χ2v) is 7.05. The van der Waals surface area contributed by atoms with Crippen molar-refractivity contribution >= 4 is 66.7 Å². The van der Waals surface area contributed by atoms with Crippen molar-refractivity contribution in [3.8, 4) is 0 Å². The van der Waals surface area contributed by atoms with Crippen LogP contribution >= 0.6 is 50.1 Å². The van der Waals surface area contributed by atoms with Gasteiger partial charge >= 0.3 is 0 Å². The van der Waals surface area contributed by atoms with Crippen LogP contribution < -0.4 is 0 Å². The van der Waals surface area contributed by atoms with Crippen LogP contribution in [0.4, 0.5) is 0 Å². The SMILES string of the molecule is O=C(c1cc(Cl)ccc1I)c1ccc(Br)c2ccccc12. The van der Waals surface area contributed by atoms with Crippen LogP contribution in [0.15, 0.2) is 59.1 Å². The number of halogens is 3. The molecule has 0 unspecified atom stereocenters. The number of carbonyl (C=O) groups is 1. The van der Waals surface area contributed by atoms with Crippen molar-refractivity contribution in [3.63, 3.8) is 0 Å². The number of benzene rings is 3. The molecule has 0 fully saturated rings. The van der Waals surface area contributed by atoms with Gasteiger partial charge in [-0.05, 0) is 63.7 Å². The van der Waals surface area contributed by atoms with Crippen molar-refractivity contribution in [1.29, 1.82) is 0 Å². The number of rotatable bonds is 2. The molecule has 1 nitrogen and oxygen atoms in total. The van der Waals surface area contributed by atoms with E-state index in [1.165, 1.54) is 0 Å². The van der Waals surface area contributed by atoms with E-state index in [0.29, 0.717) is 16.1 Å². The molecule has 0 bridgehead atoms. The highest BCUT2D eigenvalue weighted by Crippen LogP contribution is 2.29. The van der Waals surface area contributed by atoms with Crippen molar-refractivity contribution in [1.82, 2.24) is 0 Å². The molecule has 0 aliphatic carbocycles. The summed E-state index contributed by atoms with van der Waals surface area (Å²) in [6, 6.07) is 17.0. The van der Waals surface area contributed by atoms with Gasteiger partial charge < -0.3 is 0 Å². The van der Waals surface area contributed by atoms with Gasteiger partial charge in [-0.25, -0.2) is 0 Å². The van der Waals surface area contributed by atoms with Crippen molar-refractivity contribution in [2.24, 2.45) is 0 Å². The highest BCUT2D eigenvalue weighted by atomic mass is 127. The molecule has 0 aromatic heterocycles. The molecule has 3 rings (SSSR count). The van der Waals surface area contributed by atoms with E-state index in [4.69, 9.17) is 11.6 Å². The topological polar surface area (TPSA) is 17.1 Å². The molecule has 0 amide bonds. The fraction of sp³-hybridized carbons (Fsp3) is 0. The molecule has 0 N–H and O–H groups in total. The molecule has 3 aromatic rings. The van der Waals surface area contributed by atoms with Gasteiger partial charge in [0.1, 0.15) is 0 Å². The Bertz CT molecular complexity index is 861. The maximum absolute atomic E-state index is 12.9. The number of hydrogen-bond acceptors (Lipinski definition) is 1. The lowest BCUT2D eigenvalue weighted by Crippen LogP contribution is -2.04. The Labute approximate surface area is 149 Å². The number of ketones is 1. The minimum Gasteiger partial charge on any atom is -0.289 e. The first-order valence-corrected chi connectivity index (χ1v) is 8.50. The van der Waals surface area contributed by atoms with Crippen molar-refractivity contribution in [2.75, 3.05) is 0 Å². The van der Waals surface area contributed by atoms with Gasteiger partial charge in [-0.3, -0.25) is 4.79 Å². The molecule has 0 saturated heterocycles. The van der Waals surface area contributed by atoms with Crippen LogP contribution in [-0.4, -0.2) is 5.78 Å². The molecule has 4 heteroatoms. The normalized spacial score (nSPS) is 10.8. The van der Waals surface area contributed by atoms with Gasteiger partial charge in [-0.15, -0.1) is 0 Å². The molecule has 0 aliphatic rings. The van der Waals surface area contributed by atoms with Gasteiger partial charge in [0.25, 0.3) is 0 Å². The third-order valence-corrected chi connectivity index (χ3v) is 5.16. The van der Waals surface area contributed by atoms with E-state index in [-0.39, 0.29) is 5.78 Å². The predicted molar refractivity (Wildman–Crippen MR) is 99.2 cm³/mol. The number of fused-ring (bicyclic) bond motifs is 1. The lowest BCUT2D eigenvalue weighted by atomic mass is 9.97. The maximum Gasteiger partial charge on any atom is 0.194 e. The standard InChI is InChI=1S/C17H9BrClIO/c18-15-7-6-13(11-3-1-2-4-12(11)15)17(21)14-9-10(19)5-8-16(14)20/h1-9H. The smallest absolute Gasteiger partial charge is 0.194 e. The van der Waals surface area contributed by atoms with Gasteiger partial charge in [0.05, 0.1) is 0 Å². The fourth-order valence-electron chi connectivity index (χ4n) is 2.28. The molecule has 3 aromatic carbocycles. The van der Waals surface area contributed by atoms with Gasteiger partial charge in [0.2, 0.25) is 0 Å². The summed E-state index contributed by atoms with van der Waals surface area (Å²) in [4.78, 5) is 12.9. The number of carbonyl (C=O) groups excluding carboxylic acids is 1. The van der Waals surface area contributed by atoms with Crippen LogP contribution in [-0.2, 0) is 0 Å². The van der Waals surface area contributed by atoms with E-state index >= 15 is 0 Å². The van der Waals surface area contributed by atoms with Crippen LogP contribution in [0, 0.1) is 3.57 Å². The zero-order chi connectivity index (χ0) is 15.0. The Hall–Kier alpha value is -0.910. The molecule has 0 radical (unpaired) electrons. The van der Waals surface area contributed by atoms with Crippen LogP contribution in [0.5, 0.6) is 0 Å². The molecule has 0 saturated carbocycles. The van der Waals surface area contributed by atoms with Crippen molar-refractivity contribution < 1.29 is 4.79 Å². The van der Waals surface area contributed by atoms with E-state index in [9.17, 15) is 4.79 Å². The molecule has 0 atom stereocenters. The molecule has 0 heterocycles. The summed E-state index contributed by atoms with van der Waals surface area (Å²) in [7, 11) is 0. The molecule has 0 aliphatic heterocycles. The minimum absolute atomic E-state index is 0.00870. The Morgan fingerprint density at radius 1 is 0.952 bits per heavy atom. The third-order valence-electron chi connectivity index (χ3n) is 3.29. The van der Waals surface area contributed by atoms with Crippen LogP contribution in [0.2, 0.25) is 5.02 Å². The first kappa shape index (κ1) is 15.0. The van der Waals surface area contributed by atoms with Crippen molar-refractivity contribution in [2.45, 2.75) is 0 Å². The van der Waals surface area contributed by atoms with E-state index in [1.54, 1.807) is 12.1 Å².